The number of hydrogen-bond donors (Lipinski definition) is 1. The average Bonchev–Trinajstić information content (AvgIpc) is 3.23. The Labute approximate surface area is 184 Å². The maximum absolute atomic E-state index is 13.0. The third-order valence-electron chi connectivity index (χ3n) is 5.30. The van der Waals surface area contributed by atoms with Gasteiger partial charge in [-0.3, -0.25) is 15.1 Å². The highest BCUT2D eigenvalue weighted by Gasteiger charge is 2.30. The van der Waals surface area contributed by atoms with E-state index < -0.39 is 12.3 Å². The second kappa shape index (κ2) is 8.55. The van der Waals surface area contributed by atoms with Crippen LogP contribution in [-0.4, -0.2) is 30.5 Å². The summed E-state index contributed by atoms with van der Waals surface area (Å²) in [4.78, 5) is 30.1. The standard InChI is InChI=1S/C25H20N2O5/c28-20-11-18-12-21-22(32-15-31-21)13-19(18)23(17-9-5-2-6-10-17)26-24(20)27-25(29)30-14-16-7-3-1-4-8-16/h1-10,12-13,24H,11,14-15H2,(H,27,29). The number of alkyl carbamates (subject to hydrolysis) is 1. The molecule has 0 spiro atoms. The first-order chi connectivity index (χ1) is 15.7. The quantitative estimate of drug-likeness (QED) is 0.686. The van der Waals surface area contributed by atoms with Gasteiger partial charge in [0, 0.05) is 17.5 Å². The van der Waals surface area contributed by atoms with Crippen LogP contribution in [0.15, 0.2) is 77.8 Å². The van der Waals surface area contributed by atoms with Crippen LogP contribution in [0, 0.1) is 0 Å². The average molecular weight is 428 g/mol. The van der Waals surface area contributed by atoms with Crippen molar-refractivity contribution in [3.8, 4) is 11.5 Å². The van der Waals surface area contributed by atoms with E-state index in [0.717, 1.165) is 22.3 Å². The van der Waals surface area contributed by atoms with Crippen molar-refractivity contribution in [3.05, 3.63) is 95.1 Å². The summed E-state index contributed by atoms with van der Waals surface area (Å²) in [5.74, 6) is 0.957. The van der Waals surface area contributed by atoms with Gasteiger partial charge in [0.25, 0.3) is 0 Å². The molecule has 7 heteroatoms. The normalized spacial score (nSPS) is 16.6. The van der Waals surface area contributed by atoms with Crippen LogP contribution in [-0.2, 0) is 22.6 Å². The van der Waals surface area contributed by atoms with Crippen molar-refractivity contribution < 1.29 is 23.8 Å². The zero-order valence-electron chi connectivity index (χ0n) is 17.1. The molecule has 3 aromatic rings. The zero-order valence-corrected chi connectivity index (χ0v) is 17.1. The topological polar surface area (TPSA) is 86.2 Å². The number of carbonyl (C=O) groups excluding carboxylic acids is 2. The predicted molar refractivity (Wildman–Crippen MR) is 117 cm³/mol. The minimum Gasteiger partial charge on any atom is -0.454 e. The second-order valence-electron chi connectivity index (χ2n) is 7.46. The molecule has 1 N–H and O–H groups in total. The lowest BCUT2D eigenvalue weighted by Crippen LogP contribution is -2.40. The molecule has 1 unspecified atom stereocenters. The van der Waals surface area contributed by atoms with Crippen molar-refractivity contribution in [2.75, 3.05) is 6.79 Å². The van der Waals surface area contributed by atoms with Gasteiger partial charge in [-0.15, -0.1) is 0 Å². The number of carbonyl (C=O) groups is 2. The number of nitrogens with one attached hydrogen (secondary N) is 1. The number of hydrogen-bond acceptors (Lipinski definition) is 6. The van der Waals surface area contributed by atoms with Crippen LogP contribution in [0.25, 0.3) is 0 Å². The molecule has 2 heterocycles. The Morgan fingerprint density at radius 2 is 1.69 bits per heavy atom. The summed E-state index contributed by atoms with van der Waals surface area (Å²) in [6.07, 6.45) is -1.68. The molecular weight excluding hydrogens is 408 g/mol. The number of fused-ring (bicyclic) bond motifs is 2. The number of rotatable bonds is 4. The van der Waals surface area contributed by atoms with Gasteiger partial charge in [-0.1, -0.05) is 60.7 Å². The lowest BCUT2D eigenvalue weighted by Gasteiger charge is -2.14. The first-order valence-corrected chi connectivity index (χ1v) is 10.2. The Hall–Kier alpha value is -4.13. The largest absolute Gasteiger partial charge is 0.454 e. The predicted octanol–water partition coefficient (Wildman–Crippen LogP) is 3.63. The Kier molecular flexibility index (Phi) is 5.29. The van der Waals surface area contributed by atoms with E-state index >= 15 is 0 Å². The van der Waals surface area contributed by atoms with Crippen LogP contribution < -0.4 is 14.8 Å². The number of benzene rings is 3. The lowest BCUT2D eigenvalue weighted by atomic mass is 9.95. The molecule has 2 aliphatic rings. The Balaban J connectivity index is 1.45. The summed E-state index contributed by atoms with van der Waals surface area (Å²) in [5.41, 5.74) is 3.81. The monoisotopic (exact) mass is 428 g/mol. The Bertz CT molecular complexity index is 1190. The number of aliphatic imine (C=N–C) groups is 1. The molecule has 1 amide bonds. The molecule has 0 fully saturated rings. The van der Waals surface area contributed by atoms with Crippen LogP contribution >= 0.6 is 0 Å². The van der Waals surface area contributed by atoms with Crippen molar-refractivity contribution in [2.24, 2.45) is 4.99 Å². The molecule has 5 rings (SSSR count). The van der Waals surface area contributed by atoms with Crippen molar-refractivity contribution in [1.82, 2.24) is 5.32 Å². The summed E-state index contributed by atoms with van der Waals surface area (Å²) in [6, 6.07) is 22.5. The fraction of sp³-hybridized carbons (Fsp3) is 0.160. The van der Waals surface area contributed by atoms with E-state index in [2.05, 4.69) is 10.3 Å². The zero-order chi connectivity index (χ0) is 21.9. The molecule has 0 aromatic heterocycles. The SMILES string of the molecule is O=C(NC1N=C(c2ccccc2)c2cc3c(cc2CC1=O)OCO3)OCc1ccccc1. The van der Waals surface area contributed by atoms with Gasteiger partial charge in [-0.25, -0.2) is 4.79 Å². The number of Topliss-reactive ketones (excluding diaryl/α,β-unsaturated/α-hetero) is 1. The van der Waals surface area contributed by atoms with E-state index in [9.17, 15) is 9.59 Å². The van der Waals surface area contributed by atoms with E-state index in [1.165, 1.54) is 0 Å². The number of ketones is 1. The minimum atomic E-state index is -1.07. The summed E-state index contributed by atoms with van der Waals surface area (Å²) in [5, 5.41) is 2.61. The Morgan fingerprint density at radius 1 is 1.00 bits per heavy atom. The summed E-state index contributed by atoms with van der Waals surface area (Å²) in [7, 11) is 0. The molecule has 1 atom stereocenters. The van der Waals surface area contributed by atoms with E-state index in [1.54, 1.807) is 0 Å². The van der Waals surface area contributed by atoms with E-state index in [4.69, 9.17) is 14.2 Å². The minimum absolute atomic E-state index is 0.0927. The van der Waals surface area contributed by atoms with E-state index in [0.29, 0.717) is 17.2 Å². The number of amides is 1. The third kappa shape index (κ3) is 4.05. The van der Waals surface area contributed by atoms with Crippen molar-refractivity contribution in [2.45, 2.75) is 19.2 Å². The van der Waals surface area contributed by atoms with Gasteiger partial charge in [0.15, 0.2) is 23.4 Å². The van der Waals surface area contributed by atoms with Gasteiger partial charge in [0.1, 0.15) is 6.61 Å². The highest BCUT2D eigenvalue weighted by Crippen LogP contribution is 2.37. The van der Waals surface area contributed by atoms with Crippen LogP contribution in [0.5, 0.6) is 11.5 Å². The van der Waals surface area contributed by atoms with E-state index in [-0.39, 0.29) is 25.6 Å². The van der Waals surface area contributed by atoms with Crippen LogP contribution in [0.2, 0.25) is 0 Å². The van der Waals surface area contributed by atoms with Gasteiger partial charge in [-0.05, 0) is 23.3 Å². The molecule has 0 aliphatic carbocycles. The molecule has 32 heavy (non-hydrogen) atoms. The van der Waals surface area contributed by atoms with Gasteiger partial charge < -0.3 is 14.2 Å². The van der Waals surface area contributed by atoms with Crippen LogP contribution in [0.4, 0.5) is 4.79 Å². The maximum Gasteiger partial charge on any atom is 0.409 e. The van der Waals surface area contributed by atoms with Gasteiger partial charge in [-0.2, -0.15) is 0 Å². The summed E-state index contributed by atoms with van der Waals surface area (Å²) >= 11 is 0. The van der Waals surface area contributed by atoms with E-state index in [1.807, 2.05) is 72.8 Å². The van der Waals surface area contributed by atoms with Crippen LogP contribution in [0.3, 0.4) is 0 Å². The molecule has 0 radical (unpaired) electrons. The molecular formula is C25H20N2O5. The fourth-order valence-corrected chi connectivity index (χ4v) is 3.72. The molecule has 160 valence electrons. The third-order valence-corrected chi connectivity index (χ3v) is 5.30. The molecule has 0 bridgehead atoms. The summed E-state index contributed by atoms with van der Waals surface area (Å²) < 4.78 is 16.3. The van der Waals surface area contributed by atoms with Crippen molar-refractivity contribution in [1.29, 1.82) is 0 Å². The fourth-order valence-electron chi connectivity index (χ4n) is 3.72. The highest BCUT2D eigenvalue weighted by atomic mass is 16.7. The summed E-state index contributed by atoms with van der Waals surface area (Å²) in [6.45, 7) is 0.242. The molecule has 2 aliphatic heterocycles. The Morgan fingerprint density at radius 3 is 2.44 bits per heavy atom. The van der Waals surface area contributed by atoms with Crippen molar-refractivity contribution in [3.63, 3.8) is 0 Å². The van der Waals surface area contributed by atoms with Crippen molar-refractivity contribution >= 4 is 17.6 Å². The molecule has 0 saturated heterocycles. The van der Waals surface area contributed by atoms with Gasteiger partial charge in [0.2, 0.25) is 6.79 Å². The van der Waals surface area contributed by atoms with Crippen LogP contribution in [0.1, 0.15) is 22.3 Å². The highest BCUT2D eigenvalue weighted by molar-refractivity contribution is 6.16. The first-order valence-electron chi connectivity index (χ1n) is 10.2. The smallest absolute Gasteiger partial charge is 0.409 e. The van der Waals surface area contributed by atoms with Gasteiger partial charge in [0.05, 0.1) is 5.71 Å². The maximum atomic E-state index is 13.0. The number of ether oxygens (including phenoxy) is 3. The van der Waals surface area contributed by atoms with Gasteiger partial charge >= 0.3 is 6.09 Å². The molecule has 0 saturated carbocycles. The number of nitrogens with zero attached hydrogens (tertiary/aromatic N) is 1. The second-order valence-corrected chi connectivity index (χ2v) is 7.46. The molecule has 7 nitrogen and oxygen atoms in total. The first kappa shape index (κ1) is 19.8. The molecule has 3 aromatic carbocycles. The lowest BCUT2D eigenvalue weighted by molar-refractivity contribution is -0.120.